The van der Waals surface area contributed by atoms with E-state index in [-0.39, 0.29) is 30.5 Å². The van der Waals surface area contributed by atoms with Crippen molar-refractivity contribution in [3.63, 3.8) is 0 Å². The van der Waals surface area contributed by atoms with Gasteiger partial charge in [0.1, 0.15) is 6.10 Å². The van der Waals surface area contributed by atoms with Gasteiger partial charge in [-0.05, 0) is 50.8 Å². The van der Waals surface area contributed by atoms with Gasteiger partial charge in [0.05, 0.1) is 19.2 Å². The first-order valence-corrected chi connectivity index (χ1v) is 9.80. The van der Waals surface area contributed by atoms with Crippen LogP contribution in [0.25, 0.3) is 0 Å². The summed E-state index contributed by atoms with van der Waals surface area (Å²) in [5.74, 6) is 1.26. The van der Waals surface area contributed by atoms with E-state index in [0.717, 1.165) is 18.7 Å². The van der Waals surface area contributed by atoms with E-state index in [1.54, 1.807) is 0 Å². The Balaban J connectivity index is 0.00000243. The van der Waals surface area contributed by atoms with E-state index in [2.05, 4.69) is 19.2 Å². The molecule has 26 heavy (non-hydrogen) atoms. The zero-order chi connectivity index (χ0) is 17.8. The molecule has 2 fully saturated rings. The number of carbonyl (C=O) groups excluding carboxylic acids is 1. The van der Waals surface area contributed by atoms with Crippen molar-refractivity contribution in [2.24, 2.45) is 11.8 Å². The number of benzene rings is 1. The minimum Gasteiger partial charge on any atom is -0.369 e. The fourth-order valence-corrected chi connectivity index (χ4v) is 4.21. The summed E-state index contributed by atoms with van der Waals surface area (Å²) in [7, 11) is 0. The Hall–Kier alpha value is -0.810. The molecule has 4 unspecified atom stereocenters. The predicted molar refractivity (Wildman–Crippen MR) is 108 cm³/mol. The molecule has 0 spiro atoms. The van der Waals surface area contributed by atoms with Gasteiger partial charge in [-0.15, -0.1) is 12.4 Å². The van der Waals surface area contributed by atoms with Gasteiger partial charge < -0.3 is 15.0 Å². The second-order valence-electron chi connectivity index (χ2n) is 7.53. The lowest BCUT2D eigenvalue weighted by molar-refractivity contribution is -0.145. The largest absolute Gasteiger partial charge is 0.369 e. The lowest BCUT2D eigenvalue weighted by atomic mass is 9.85. The summed E-state index contributed by atoms with van der Waals surface area (Å²) in [6.07, 6.45) is 2.92. The molecule has 2 heterocycles. The van der Waals surface area contributed by atoms with Gasteiger partial charge in [0, 0.05) is 17.0 Å². The molecule has 6 heteroatoms. The topological polar surface area (TPSA) is 41.6 Å². The van der Waals surface area contributed by atoms with Crippen LogP contribution in [0, 0.1) is 11.8 Å². The van der Waals surface area contributed by atoms with Crippen LogP contribution in [0.15, 0.2) is 24.3 Å². The maximum absolute atomic E-state index is 12.9. The summed E-state index contributed by atoms with van der Waals surface area (Å²) in [6, 6.07) is 7.86. The zero-order valence-corrected chi connectivity index (χ0v) is 17.2. The number of amides is 1. The Morgan fingerprint density at radius 2 is 2.19 bits per heavy atom. The Bertz CT molecular complexity index is 593. The number of nitrogens with one attached hydrogen (secondary N) is 1. The number of hydrogen-bond donors (Lipinski definition) is 1. The van der Waals surface area contributed by atoms with Gasteiger partial charge in [-0.1, -0.05) is 36.7 Å². The van der Waals surface area contributed by atoms with Crippen molar-refractivity contribution in [1.29, 1.82) is 0 Å². The first-order chi connectivity index (χ1) is 12.1. The molecule has 4 nitrogen and oxygen atoms in total. The second kappa shape index (κ2) is 9.93. The van der Waals surface area contributed by atoms with Crippen molar-refractivity contribution in [3.8, 4) is 0 Å². The van der Waals surface area contributed by atoms with E-state index < -0.39 is 0 Å². The molecular formula is C20H30Cl2N2O2. The highest BCUT2D eigenvalue weighted by Gasteiger charge is 2.33. The average molecular weight is 401 g/mol. The van der Waals surface area contributed by atoms with Gasteiger partial charge in [-0.2, -0.15) is 0 Å². The Morgan fingerprint density at radius 1 is 1.42 bits per heavy atom. The normalized spacial score (nSPS) is 27.5. The number of carbonyl (C=O) groups is 1. The molecule has 1 N–H and O–H groups in total. The van der Waals surface area contributed by atoms with E-state index >= 15 is 0 Å². The van der Waals surface area contributed by atoms with Crippen molar-refractivity contribution in [1.82, 2.24) is 10.2 Å². The molecule has 1 aromatic carbocycles. The van der Waals surface area contributed by atoms with Gasteiger partial charge in [0.2, 0.25) is 5.91 Å². The number of halogens is 2. The fraction of sp³-hybridized carbons (Fsp3) is 0.650. The number of rotatable bonds is 4. The predicted octanol–water partition coefficient (Wildman–Crippen LogP) is 4.08. The number of piperidine rings is 1. The van der Waals surface area contributed by atoms with Gasteiger partial charge >= 0.3 is 0 Å². The van der Waals surface area contributed by atoms with E-state index in [9.17, 15) is 4.79 Å². The van der Waals surface area contributed by atoms with Crippen LogP contribution in [-0.4, -0.2) is 43.1 Å². The van der Waals surface area contributed by atoms with Crippen LogP contribution in [0.1, 0.15) is 44.8 Å². The fourth-order valence-electron chi connectivity index (χ4n) is 3.95. The number of hydrogen-bond acceptors (Lipinski definition) is 3. The van der Waals surface area contributed by atoms with Crippen LogP contribution >= 0.6 is 24.0 Å². The molecule has 0 aromatic heterocycles. The quantitative estimate of drug-likeness (QED) is 0.827. The first-order valence-electron chi connectivity index (χ1n) is 9.42. The molecule has 0 bridgehead atoms. The third-order valence-electron chi connectivity index (χ3n) is 5.64. The highest BCUT2D eigenvalue weighted by Crippen LogP contribution is 2.31. The van der Waals surface area contributed by atoms with E-state index in [0.29, 0.717) is 36.4 Å². The molecule has 2 saturated heterocycles. The summed E-state index contributed by atoms with van der Waals surface area (Å²) >= 11 is 6.32. The van der Waals surface area contributed by atoms with Crippen molar-refractivity contribution in [2.75, 3.05) is 26.2 Å². The molecular weight excluding hydrogens is 371 g/mol. The molecule has 3 rings (SSSR count). The number of ether oxygens (including phenoxy) is 1. The average Bonchev–Trinajstić information content (AvgIpc) is 2.63. The molecule has 2 aliphatic rings. The minimum absolute atomic E-state index is 0. The van der Waals surface area contributed by atoms with Gasteiger partial charge in [0.15, 0.2) is 0 Å². The SMILES string of the molecule is CC(CC(=O)N1CC(c2ccccc2Cl)OCC1C)C1CCCNC1.Cl. The lowest BCUT2D eigenvalue weighted by Crippen LogP contribution is -2.49. The molecule has 2 aliphatic heterocycles. The second-order valence-corrected chi connectivity index (χ2v) is 7.93. The highest BCUT2D eigenvalue weighted by atomic mass is 35.5. The maximum Gasteiger partial charge on any atom is 0.223 e. The van der Waals surface area contributed by atoms with Crippen molar-refractivity contribution in [2.45, 2.75) is 45.3 Å². The lowest BCUT2D eigenvalue weighted by Gasteiger charge is -2.39. The monoisotopic (exact) mass is 400 g/mol. The Morgan fingerprint density at radius 3 is 2.88 bits per heavy atom. The molecule has 146 valence electrons. The van der Waals surface area contributed by atoms with Crippen molar-refractivity contribution >= 4 is 29.9 Å². The third kappa shape index (κ3) is 5.13. The number of morpholine rings is 1. The van der Waals surface area contributed by atoms with Gasteiger partial charge in [-0.25, -0.2) is 0 Å². The molecule has 0 radical (unpaired) electrons. The number of nitrogens with zero attached hydrogens (tertiary/aromatic N) is 1. The molecule has 1 amide bonds. The summed E-state index contributed by atoms with van der Waals surface area (Å²) in [6.45, 7) is 7.56. The van der Waals surface area contributed by atoms with E-state index in [4.69, 9.17) is 16.3 Å². The van der Waals surface area contributed by atoms with Crippen LogP contribution in [-0.2, 0) is 9.53 Å². The van der Waals surface area contributed by atoms with Gasteiger partial charge in [0.25, 0.3) is 0 Å². The molecule has 0 saturated carbocycles. The standard InChI is InChI=1S/C20H29ClN2O2.ClH/c1-14(16-6-5-9-22-11-16)10-20(24)23-12-19(25-13-15(23)2)17-7-3-4-8-18(17)21;/h3-4,7-8,14-16,19,22H,5-6,9-13H2,1-2H3;1H. The minimum atomic E-state index is -0.138. The molecule has 1 aromatic rings. The van der Waals surface area contributed by atoms with E-state index in [1.165, 1.54) is 12.8 Å². The smallest absolute Gasteiger partial charge is 0.223 e. The Labute approximate surface area is 168 Å². The Kier molecular flexibility index (Phi) is 8.21. The summed E-state index contributed by atoms with van der Waals surface area (Å²) < 4.78 is 5.97. The van der Waals surface area contributed by atoms with Crippen LogP contribution in [0.3, 0.4) is 0 Å². The third-order valence-corrected chi connectivity index (χ3v) is 5.99. The van der Waals surface area contributed by atoms with Crippen molar-refractivity contribution in [3.05, 3.63) is 34.9 Å². The zero-order valence-electron chi connectivity index (χ0n) is 15.6. The van der Waals surface area contributed by atoms with Crippen LogP contribution < -0.4 is 5.32 Å². The van der Waals surface area contributed by atoms with Crippen LogP contribution in [0.5, 0.6) is 0 Å². The molecule has 0 aliphatic carbocycles. The van der Waals surface area contributed by atoms with Crippen molar-refractivity contribution < 1.29 is 9.53 Å². The van der Waals surface area contributed by atoms with Gasteiger partial charge in [-0.3, -0.25) is 4.79 Å². The highest BCUT2D eigenvalue weighted by molar-refractivity contribution is 6.31. The van der Waals surface area contributed by atoms with Crippen LogP contribution in [0.4, 0.5) is 0 Å². The van der Waals surface area contributed by atoms with E-state index in [1.807, 2.05) is 29.2 Å². The maximum atomic E-state index is 12.9. The van der Waals surface area contributed by atoms with Crippen LogP contribution in [0.2, 0.25) is 5.02 Å². The summed E-state index contributed by atoms with van der Waals surface area (Å²) in [4.78, 5) is 14.9. The first kappa shape index (κ1) is 21.5. The summed E-state index contributed by atoms with van der Waals surface area (Å²) in [5.41, 5.74) is 0.971. The summed E-state index contributed by atoms with van der Waals surface area (Å²) in [5, 5.41) is 4.16. The molecule has 4 atom stereocenters.